The molecule has 0 spiro atoms. The third kappa shape index (κ3) is 5.19. The Morgan fingerprint density at radius 1 is 0.879 bits per heavy atom. The maximum atomic E-state index is 12.8. The van der Waals surface area contributed by atoms with Crippen molar-refractivity contribution in [1.82, 2.24) is 10.1 Å². The van der Waals surface area contributed by atoms with Crippen LogP contribution in [-0.4, -0.2) is 34.4 Å². The lowest BCUT2D eigenvalue weighted by atomic mass is 10.0. The Labute approximate surface area is 189 Å². The lowest BCUT2D eigenvalue weighted by Crippen LogP contribution is -2.22. The summed E-state index contributed by atoms with van der Waals surface area (Å²) < 4.78 is 10.2. The van der Waals surface area contributed by atoms with Crippen LogP contribution in [0.25, 0.3) is 11.5 Å². The Morgan fingerprint density at radius 2 is 1.58 bits per heavy atom. The first kappa shape index (κ1) is 21.6. The number of nitrogens with one attached hydrogen (secondary N) is 1. The Kier molecular flexibility index (Phi) is 6.36. The van der Waals surface area contributed by atoms with Gasteiger partial charge in [-0.25, -0.2) is 4.79 Å². The molecule has 0 aliphatic heterocycles. The molecular formula is C25H19N3O5. The van der Waals surface area contributed by atoms with Crippen molar-refractivity contribution < 1.29 is 23.6 Å². The van der Waals surface area contributed by atoms with E-state index in [1.165, 1.54) is 0 Å². The van der Waals surface area contributed by atoms with Gasteiger partial charge < -0.3 is 14.6 Å². The molecule has 3 aromatic carbocycles. The number of ether oxygens (including phenoxy) is 1. The number of nitrogens with zero attached hydrogens (tertiary/aromatic N) is 2. The molecule has 0 atom stereocenters. The van der Waals surface area contributed by atoms with E-state index >= 15 is 0 Å². The molecule has 0 aliphatic carbocycles. The summed E-state index contributed by atoms with van der Waals surface area (Å²) in [6.45, 7) is 1.21. The number of carbonyl (C=O) groups excluding carboxylic acids is 3. The van der Waals surface area contributed by atoms with Crippen LogP contribution in [0.5, 0.6) is 0 Å². The van der Waals surface area contributed by atoms with Crippen LogP contribution >= 0.6 is 0 Å². The van der Waals surface area contributed by atoms with Gasteiger partial charge >= 0.3 is 5.97 Å². The molecule has 0 unspecified atom stereocenters. The van der Waals surface area contributed by atoms with Crippen molar-refractivity contribution in [3.8, 4) is 11.5 Å². The van der Waals surface area contributed by atoms with Gasteiger partial charge in [-0.3, -0.25) is 9.59 Å². The minimum Gasteiger partial charge on any atom is -0.452 e. The van der Waals surface area contributed by atoms with Gasteiger partial charge in [0.05, 0.1) is 11.3 Å². The number of amides is 1. The zero-order valence-corrected chi connectivity index (χ0v) is 17.6. The lowest BCUT2D eigenvalue weighted by molar-refractivity contribution is -0.119. The van der Waals surface area contributed by atoms with Crippen LogP contribution in [0.15, 0.2) is 83.4 Å². The molecular weight excluding hydrogens is 422 g/mol. The van der Waals surface area contributed by atoms with Gasteiger partial charge in [0.1, 0.15) is 0 Å². The summed E-state index contributed by atoms with van der Waals surface area (Å²) in [4.78, 5) is 41.6. The number of ketones is 1. The summed E-state index contributed by atoms with van der Waals surface area (Å²) in [5.41, 5.74) is 2.11. The minimum atomic E-state index is -0.660. The topological polar surface area (TPSA) is 111 Å². The largest absolute Gasteiger partial charge is 0.452 e. The lowest BCUT2D eigenvalue weighted by Gasteiger charge is -2.11. The van der Waals surface area contributed by atoms with E-state index in [1.54, 1.807) is 79.7 Å². The molecule has 1 heterocycles. The van der Waals surface area contributed by atoms with E-state index in [1.807, 2.05) is 6.07 Å². The number of esters is 1. The molecule has 33 heavy (non-hydrogen) atoms. The Hall–Kier alpha value is -4.59. The second-order valence-electron chi connectivity index (χ2n) is 7.09. The van der Waals surface area contributed by atoms with Crippen LogP contribution in [0.3, 0.4) is 0 Å². The molecule has 164 valence electrons. The van der Waals surface area contributed by atoms with E-state index < -0.39 is 18.5 Å². The normalized spacial score (nSPS) is 10.5. The molecule has 0 bridgehead atoms. The number of anilines is 1. The van der Waals surface area contributed by atoms with Gasteiger partial charge in [0.15, 0.2) is 18.2 Å². The monoisotopic (exact) mass is 441 g/mol. The van der Waals surface area contributed by atoms with Crippen LogP contribution in [-0.2, 0) is 9.53 Å². The summed E-state index contributed by atoms with van der Waals surface area (Å²) in [7, 11) is 0. The fourth-order valence-corrected chi connectivity index (χ4v) is 3.10. The van der Waals surface area contributed by atoms with Gasteiger partial charge in [-0.2, -0.15) is 4.98 Å². The number of carbonyl (C=O) groups is 3. The van der Waals surface area contributed by atoms with Gasteiger partial charge in [0.2, 0.25) is 0 Å². The summed E-state index contributed by atoms with van der Waals surface area (Å²) >= 11 is 0. The molecule has 1 aromatic heterocycles. The first-order chi connectivity index (χ1) is 16.0. The van der Waals surface area contributed by atoms with Crippen molar-refractivity contribution in [1.29, 1.82) is 0 Å². The van der Waals surface area contributed by atoms with E-state index in [0.29, 0.717) is 34.1 Å². The second-order valence-corrected chi connectivity index (χ2v) is 7.09. The van der Waals surface area contributed by atoms with Gasteiger partial charge in [-0.15, -0.1) is 0 Å². The fourth-order valence-electron chi connectivity index (χ4n) is 3.10. The smallest absolute Gasteiger partial charge is 0.338 e. The second kappa shape index (κ2) is 9.69. The molecule has 0 aliphatic rings. The Balaban J connectivity index is 1.37. The maximum Gasteiger partial charge on any atom is 0.338 e. The molecule has 1 amide bonds. The van der Waals surface area contributed by atoms with Gasteiger partial charge in [0.25, 0.3) is 11.8 Å². The number of aromatic nitrogens is 2. The van der Waals surface area contributed by atoms with Crippen molar-refractivity contribution in [3.63, 3.8) is 0 Å². The predicted octanol–water partition coefficient (Wildman–Crippen LogP) is 4.07. The number of para-hydroxylation sites is 1. The number of hydrogen-bond acceptors (Lipinski definition) is 7. The Bertz CT molecular complexity index is 1300. The van der Waals surface area contributed by atoms with Crippen LogP contribution in [0.2, 0.25) is 0 Å². The third-order valence-corrected chi connectivity index (χ3v) is 4.71. The highest BCUT2D eigenvalue weighted by molar-refractivity contribution is 6.14. The number of rotatable bonds is 7. The van der Waals surface area contributed by atoms with E-state index in [2.05, 4.69) is 15.5 Å². The van der Waals surface area contributed by atoms with E-state index in [0.717, 1.165) is 0 Å². The molecule has 8 heteroatoms. The molecule has 0 radical (unpaired) electrons. The maximum absolute atomic E-state index is 12.8. The first-order valence-corrected chi connectivity index (χ1v) is 10.1. The third-order valence-electron chi connectivity index (χ3n) is 4.71. The number of benzene rings is 3. The SMILES string of the molecule is Cc1noc(-c2ccc(C(=O)OCC(=O)Nc3ccccc3C(=O)c3ccccc3)cc2)n1. The van der Waals surface area contributed by atoms with E-state index in [-0.39, 0.29) is 11.3 Å². The molecule has 0 fully saturated rings. The van der Waals surface area contributed by atoms with E-state index in [4.69, 9.17) is 9.26 Å². The number of aryl methyl sites for hydroxylation is 1. The zero-order chi connectivity index (χ0) is 23.2. The van der Waals surface area contributed by atoms with Crippen molar-refractivity contribution in [3.05, 3.63) is 101 Å². The Morgan fingerprint density at radius 3 is 2.27 bits per heavy atom. The van der Waals surface area contributed by atoms with E-state index in [9.17, 15) is 14.4 Å². The van der Waals surface area contributed by atoms with Crippen LogP contribution in [0, 0.1) is 6.92 Å². The summed E-state index contributed by atoms with van der Waals surface area (Å²) in [6.07, 6.45) is 0. The first-order valence-electron chi connectivity index (χ1n) is 10.1. The average molecular weight is 441 g/mol. The van der Waals surface area contributed by atoms with Crippen LogP contribution in [0.1, 0.15) is 32.1 Å². The quantitative estimate of drug-likeness (QED) is 0.340. The highest BCUT2D eigenvalue weighted by atomic mass is 16.5. The molecule has 1 N–H and O–H groups in total. The highest BCUT2D eigenvalue weighted by Crippen LogP contribution is 2.20. The minimum absolute atomic E-state index is 0.222. The summed E-state index contributed by atoms with van der Waals surface area (Å²) in [6, 6.07) is 21.8. The molecule has 8 nitrogen and oxygen atoms in total. The van der Waals surface area contributed by atoms with Gasteiger partial charge in [0, 0.05) is 16.7 Å². The van der Waals surface area contributed by atoms with Crippen LogP contribution < -0.4 is 5.32 Å². The van der Waals surface area contributed by atoms with Crippen LogP contribution in [0.4, 0.5) is 5.69 Å². The molecule has 4 aromatic rings. The highest BCUT2D eigenvalue weighted by Gasteiger charge is 2.16. The van der Waals surface area contributed by atoms with Crippen molar-refractivity contribution >= 4 is 23.3 Å². The average Bonchev–Trinajstić information content (AvgIpc) is 3.29. The number of hydrogen-bond donors (Lipinski definition) is 1. The van der Waals surface area contributed by atoms with Crippen molar-refractivity contribution in [2.45, 2.75) is 6.92 Å². The summed E-state index contributed by atoms with van der Waals surface area (Å²) in [5, 5.41) is 6.36. The standard InChI is InChI=1S/C25H19N3O5/c1-16-26-24(33-28-16)18-11-13-19(14-12-18)25(31)32-15-22(29)27-21-10-6-5-9-20(21)23(30)17-7-3-2-4-8-17/h2-14H,15H2,1H3,(H,27,29). The fraction of sp³-hybridized carbons (Fsp3) is 0.0800. The molecule has 4 rings (SSSR count). The van der Waals surface area contributed by atoms with Crippen molar-refractivity contribution in [2.24, 2.45) is 0 Å². The van der Waals surface area contributed by atoms with Gasteiger partial charge in [-0.1, -0.05) is 47.6 Å². The summed E-state index contributed by atoms with van der Waals surface area (Å²) in [5.74, 6) is -0.594. The van der Waals surface area contributed by atoms with Gasteiger partial charge in [-0.05, 0) is 43.3 Å². The molecule has 0 saturated heterocycles. The zero-order valence-electron chi connectivity index (χ0n) is 17.6. The predicted molar refractivity (Wildman–Crippen MR) is 120 cm³/mol. The molecule has 0 saturated carbocycles. The van der Waals surface area contributed by atoms with Crippen molar-refractivity contribution in [2.75, 3.05) is 11.9 Å².